The van der Waals surface area contributed by atoms with E-state index in [1.165, 1.54) is 55.3 Å². The van der Waals surface area contributed by atoms with Crippen molar-refractivity contribution < 1.29 is 0 Å². The maximum Gasteiger partial charge on any atom is 0.0403 e. The van der Waals surface area contributed by atoms with Crippen molar-refractivity contribution in [3.63, 3.8) is 0 Å². The van der Waals surface area contributed by atoms with Crippen molar-refractivity contribution in [2.24, 2.45) is 11.8 Å². The predicted octanol–water partition coefficient (Wildman–Crippen LogP) is 7.75. The second kappa shape index (κ2) is 9.57. The van der Waals surface area contributed by atoms with Crippen molar-refractivity contribution in [1.29, 1.82) is 0 Å². The molecule has 1 nitrogen and oxygen atoms in total. The molecule has 1 fully saturated rings. The summed E-state index contributed by atoms with van der Waals surface area (Å²) in [6.07, 6.45) is 17.2. The summed E-state index contributed by atoms with van der Waals surface area (Å²) in [4.78, 5) is 4.44. The van der Waals surface area contributed by atoms with E-state index in [0.717, 1.165) is 18.8 Å². The summed E-state index contributed by atoms with van der Waals surface area (Å²) in [6.45, 7) is 4.54. The molecule has 0 bridgehead atoms. The third-order valence-electron chi connectivity index (χ3n) is 6.82. The first-order valence-corrected chi connectivity index (χ1v) is 11.6. The second-order valence-corrected chi connectivity index (χ2v) is 9.23. The number of aromatic nitrogens is 1. The molecule has 1 heterocycles. The van der Waals surface area contributed by atoms with Gasteiger partial charge in [0.2, 0.25) is 0 Å². The highest BCUT2D eigenvalue weighted by molar-refractivity contribution is 5.72. The van der Waals surface area contributed by atoms with Gasteiger partial charge in [-0.25, -0.2) is 0 Å². The second-order valence-electron chi connectivity index (χ2n) is 9.23. The van der Waals surface area contributed by atoms with Gasteiger partial charge in [-0.3, -0.25) is 4.98 Å². The topological polar surface area (TPSA) is 12.9 Å². The Labute approximate surface area is 177 Å². The van der Waals surface area contributed by atoms with E-state index in [-0.39, 0.29) is 0 Å². The maximum atomic E-state index is 4.44. The molecule has 1 heteroatoms. The summed E-state index contributed by atoms with van der Waals surface area (Å²) in [5.74, 6) is 2.15. The summed E-state index contributed by atoms with van der Waals surface area (Å²) in [6, 6.07) is 15.6. The first kappa shape index (κ1) is 20.1. The van der Waals surface area contributed by atoms with E-state index < -0.39 is 0 Å². The fourth-order valence-corrected chi connectivity index (χ4v) is 5.14. The summed E-state index contributed by atoms with van der Waals surface area (Å²) >= 11 is 0. The number of benzene rings is 1. The van der Waals surface area contributed by atoms with Gasteiger partial charge in [0.1, 0.15) is 0 Å². The van der Waals surface area contributed by atoms with Gasteiger partial charge in [-0.1, -0.05) is 81.2 Å². The summed E-state index contributed by atoms with van der Waals surface area (Å²) in [7, 11) is 0. The molecule has 2 atom stereocenters. The van der Waals surface area contributed by atoms with Gasteiger partial charge in [0, 0.05) is 17.8 Å². The van der Waals surface area contributed by atoms with Gasteiger partial charge in [-0.15, -0.1) is 0 Å². The number of fused-ring (bicyclic) bond motifs is 1. The quantitative estimate of drug-likeness (QED) is 0.334. The normalized spacial score (nSPS) is 21.1. The number of unbranched alkanes of at least 4 members (excludes halogenated alkanes) is 2. The molecule has 1 aromatic carbocycles. The Morgan fingerprint density at radius 1 is 0.966 bits per heavy atom. The molecule has 1 saturated carbocycles. The van der Waals surface area contributed by atoms with Crippen LogP contribution in [0.3, 0.4) is 0 Å². The van der Waals surface area contributed by atoms with Crippen LogP contribution in [0, 0.1) is 11.8 Å². The van der Waals surface area contributed by atoms with Crippen LogP contribution in [0.1, 0.15) is 81.5 Å². The first-order valence-electron chi connectivity index (χ1n) is 11.6. The fourth-order valence-electron chi connectivity index (χ4n) is 5.14. The third-order valence-corrected chi connectivity index (χ3v) is 6.82. The summed E-state index contributed by atoms with van der Waals surface area (Å²) in [5, 5.41) is 0. The molecular formula is C28H35N. The van der Waals surface area contributed by atoms with Crippen LogP contribution in [0.25, 0.3) is 5.57 Å². The molecule has 0 radical (unpaired) electrons. The minimum Gasteiger partial charge on any atom is -0.261 e. The van der Waals surface area contributed by atoms with E-state index >= 15 is 0 Å². The lowest BCUT2D eigenvalue weighted by Crippen LogP contribution is -2.05. The van der Waals surface area contributed by atoms with Crippen LogP contribution < -0.4 is 0 Å². The van der Waals surface area contributed by atoms with Gasteiger partial charge in [0.25, 0.3) is 0 Å². The molecule has 29 heavy (non-hydrogen) atoms. The van der Waals surface area contributed by atoms with E-state index in [1.54, 1.807) is 11.1 Å². The SMILES string of the molecule is CC(C)c1ccc(C2=CCC=C3CC(CCCCCc4ccccn4)CC32)cc1. The molecule has 0 spiro atoms. The van der Waals surface area contributed by atoms with Gasteiger partial charge < -0.3 is 0 Å². The Morgan fingerprint density at radius 3 is 2.59 bits per heavy atom. The number of allylic oxidation sites excluding steroid dienone is 4. The Balaban J connectivity index is 1.27. The zero-order chi connectivity index (χ0) is 20.1. The minimum atomic E-state index is 0.605. The molecule has 2 aromatic rings. The van der Waals surface area contributed by atoms with Gasteiger partial charge in [0.05, 0.1) is 0 Å². The van der Waals surface area contributed by atoms with E-state index in [0.29, 0.717) is 11.8 Å². The van der Waals surface area contributed by atoms with Gasteiger partial charge in [-0.05, 0) is 72.8 Å². The highest BCUT2D eigenvalue weighted by Gasteiger charge is 2.32. The molecule has 4 rings (SSSR count). The molecule has 2 unspecified atom stereocenters. The van der Waals surface area contributed by atoms with Crippen LogP contribution >= 0.6 is 0 Å². The third kappa shape index (κ3) is 5.07. The van der Waals surface area contributed by atoms with E-state index in [4.69, 9.17) is 0 Å². The minimum absolute atomic E-state index is 0.605. The average Bonchev–Trinajstić information content (AvgIpc) is 3.17. The van der Waals surface area contributed by atoms with Gasteiger partial charge >= 0.3 is 0 Å². The summed E-state index contributed by atoms with van der Waals surface area (Å²) in [5.41, 5.74) is 7.43. The molecule has 0 saturated heterocycles. The van der Waals surface area contributed by atoms with Gasteiger partial charge in [0.15, 0.2) is 0 Å². The van der Waals surface area contributed by atoms with Crippen molar-refractivity contribution in [2.75, 3.05) is 0 Å². The number of rotatable bonds is 8. The van der Waals surface area contributed by atoms with Crippen molar-refractivity contribution in [3.8, 4) is 0 Å². The van der Waals surface area contributed by atoms with Gasteiger partial charge in [-0.2, -0.15) is 0 Å². The lowest BCUT2D eigenvalue weighted by molar-refractivity contribution is 0.461. The Morgan fingerprint density at radius 2 is 1.83 bits per heavy atom. The number of pyridine rings is 1. The Kier molecular flexibility index (Phi) is 6.64. The largest absolute Gasteiger partial charge is 0.261 e. The molecular weight excluding hydrogens is 350 g/mol. The number of aryl methyl sites for hydroxylation is 1. The summed E-state index contributed by atoms with van der Waals surface area (Å²) < 4.78 is 0. The molecule has 0 amide bonds. The zero-order valence-corrected chi connectivity index (χ0v) is 18.1. The maximum absolute atomic E-state index is 4.44. The lowest BCUT2D eigenvalue weighted by Gasteiger charge is -2.21. The number of hydrogen-bond donors (Lipinski definition) is 0. The van der Waals surface area contributed by atoms with Crippen LogP contribution in [0.5, 0.6) is 0 Å². The molecule has 0 N–H and O–H groups in total. The van der Waals surface area contributed by atoms with E-state index in [2.05, 4.69) is 67.4 Å². The highest BCUT2D eigenvalue weighted by atomic mass is 14.7. The lowest BCUT2D eigenvalue weighted by atomic mass is 9.83. The Bertz CT molecular complexity index is 842. The average molecular weight is 386 g/mol. The molecule has 1 aromatic heterocycles. The van der Waals surface area contributed by atoms with Crippen molar-refractivity contribution in [2.45, 2.75) is 71.1 Å². The Hall–Kier alpha value is -2.15. The monoisotopic (exact) mass is 385 g/mol. The smallest absolute Gasteiger partial charge is 0.0403 e. The fraction of sp³-hybridized carbons (Fsp3) is 0.464. The van der Waals surface area contributed by atoms with E-state index in [9.17, 15) is 0 Å². The van der Waals surface area contributed by atoms with Crippen LogP contribution in [-0.2, 0) is 6.42 Å². The van der Waals surface area contributed by atoms with Crippen molar-refractivity contribution in [1.82, 2.24) is 4.98 Å². The van der Waals surface area contributed by atoms with Crippen molar-refractivity contribution >= 4 is 5.57 Å². The van der Waals surface area contributed by atoms with E-state index in [1.807, 2.05) is 12.3 Å². The van der Waals surface area contributed by atoms with Crippen LogP contribution in [-0.4, -0.2) is 4.98 Å². The van der Waals surface area contributed by atoms with Crippen molar-refractivity contribution in [3.05, 3.63) is 83.2 Å². The molecule has 0 aliphatic heterocycles. The molecule has 152 valence electrons. The first-order chi connectivity index (χ1) is 14.2. The highest BCUT2D eigenvalue weighted by Crippen LogP contribution is 2.47. The zero-order valence-electron chi connectivity index (χ0n) is 18.1. The van der Waals surface area contributed by atoms with Crippen LogP contribution in [0.15, 0.2) is 66.4 Å². The van der Waals surface area contributed by atoms with Crippen LogP contribution in [0.2, 0.25) is 0 Å². The predicted molar refractivity (Wildman–Crippen MR) is 124 cm³/mol. The molecule has 2 aliphatic rings. The van der Waals surface area contributed by atoms with Crippen LogP contribution in [0.4, 0.5) is 0 Å². The standard InChI is InChI=1S/C28H35N/c1-21(2)23-14-16-24(17-15-23)27-13-8-10-25-19-22(20-28(25)27)9-4-3-5-11-26-12-6-7-18-29-26/h6-7,10,12-18,21-22,28H,3-5,8-9,11,19-20H2,1-2H3. The number of nitrogens with zero attached hydrogens (tertiary/aromatic N) is 1. The molecule has 2 aliphatic carbocycles. The number of hydrogen-bond acceptors (Lipinski definition) is 1.